The number of ether oxygens (including phenoxy) is 2. The molecule has 49 heavy (non-hydrogen) atoms. The molecule has 12 nitrogen and oxygen atoms in total. The number of pyridine rings is 2. The minimum absolute atomic E-state index is 0.185. The fraction of sp³-hybridized carbons (Fsp3) is 0.432. The van der Waals surface area contributed by atoms with Crippen molar-refractivity contribution in [2.45, 2.75) is 59.6 Å². The molecule has 6 heterocycles. The van der Waals surface area contributed by atoms with Gasteiger partial charge in [0.1, 0.15) is 29.3 Å². The minimum atomic E-state index is -0.476. The van der Waals surface area contributed by atoms with Crippen LogP contribution in [0.15, 0.2) is 60.9 Å². The number of likely N-dealkylation sites (tertiary alicyclic amines) is 2. The molecule has 0 saturated carbocycles. The number of nitrogens with zero attached hydrogens (tertiary/aromatic N) is 7. The first kappa shape index (κ1) is 32.6. The van der Waals surface area contributed by atoms with Crippen LogP contribution in [0.5, 0.6) is 5.75 Å². The largest absolute Gasteiger partial charge is 0.492 e. The highest BCUT2D eigenvalue weighted by molar-refractivity contribution is 6.08. The SMILES string of the molecule is Cc1nn(Cc2cccc(C(C)C)n2)c2cccc(NC(=O)c3cnc4cc(OCCN5CC6(C5)CN(C(=O)OC(C)(C)C)C6)ccn34)c12. The number of hydrogen-bond donors (Lipinski definition) is 1. The summed E-state index contributed by atoms with van der Waals surface area (Å²) >= 11 is 0. The molecule has 7 rings (SSSR count). The molecule has 0 radical (unpaired) electrons. The Kier molecular flexibility index (Phi) is 8.30. The van der Waals surface area contributed by atoms with Crippen molar-refractivity contribution in [1.29, 1.82) is 0 Å². The summed E-state index contributed by atoms with van der Waals surface area (Å²) < 4.78 is 15.2. The van der Waals surface area contributed by atoms with Crippen LogP contribution in [0, 0.1) is 12.3 Å². The van der Waals surface area contributed by atoms with Crippen molar-refractivity contribution in [1.82, 2.24) is 33.9 Å². The van der Waals surface area contributed by atoms with Gasteiger partial charge in [-0.15, -0.1) is 0 Å². The van der Waals surface area contributed by atoms with Gasteiger partial charge in [-0.1, -0.05) is 26.0 Å². The van der Waals surface area contributed by atoms with Crippen LogP contribution in [-0.2, 0) is 11.3 Å². The summed E-state index contributed by atoms with van der Waals surface area (Å²) in [7, 11) is 0. The zero-order valence-corrected chi connectivity index (χ0v) is 29.1. The van der Waals surface area contributed by atoms with Gasteiger partial charge in [0.05, 0.1) is 35.3 Å². The molecular weight excluding hydrogens is 620 g/mol. The minimum Gasteiger partial charge on any atom is -0.492 e. The molecule has 1 aromatic carbocycles. The second kappa shape index (κ2) is 12.5. The molecule has 0 aliphatic carbocycles. The molecule has 2 saturated heterocycles. The number of amides is 2. The number of carbonyl (C=O) groups is 2. The summed E-state index contributed by atoms with van der Waals surface area (Å²) in [6, 6.07) is 15.6. The molecule has 1 N–H and O–H groups in total. The quantitative estimate of drug-likeness (QED) is 0.212. The van der Waals surface area contributed by atoms with Gasteiger partial charge in [0.2, 0.25) is 0 Å². The molecule has 2 amide bonds. The van der Waals surface area contributed by atoms with Crippen molar-refractivity contribution >= 4 is 34.2 Å². The third-order valence-electron chi connectivity index (χ3n) is 9.15. The van der Waals surface area contributed by atoms with E-state index < -0.39 is 5.60 Å². The second-order valence-corrected chi connectivity index (χ2v) is 14.7. The summed E-state index contributed by atoms with van der Waals surface area (Å²) in [4.78, 5) is 39.2. The molecule has 2 fully saturated rings. The maximum absolute atomic E-state index is 13.5. The number of benzene rings is 1. The van der Waals surface area contributed by atoms with Gasteiger partial charge < -0.3 is 19.7 Å². The highest BCUT2D eigenvalue weighted by atomic mass is 16.6. The molecule has 0 atom stereocenters. The molecule has 0 bridgehead atoms. The van der Waals surface area contributed by atoms with Crippen molar-refractivity contribution in [3.8, 4) is 5.75 Å². The molecular formula is C37H44N8O4. The van der Waals surface area contributed by atoms with Crippen molar-refractivity contribution in [2.75, 3.05) is 44.6 Å². The van der Waals surface area contributed by atoms with E-state index in [0.717, 1.165) is 60.7 Å². The van der Waals surface area contributed by atoms with E-state index in [1.165, 1.54) is 0 Å². The number of carbonyl (C=O) groups excluding carboxylic acids is 2. The van der Waals surface area contributed by atoms with E-state index in [1.54, 1.807) is 15.5 Å². The second-order valence-electron chi connectivity index (χ2n) is 14.7. The zero-order chi connectivity index (χ0) is 34.5. The molecule has 2 aliphatic heterocycles. The van der Waals surface area contributed by atoms with E-state index in [0.29, 0.717) is 41.8 Å². The number of aryl methyl sites for hydroxylation is 1. The molecule has 4 aromatic heterocycles. The molecule has 256 valence electrons. The predicted molar refractivity (Wildman–Crippen MR) is 187 cm³/mol. The van der Waals surface area contributed by atoms with Gasteiger partial charge in [-0.25, -0.2) is 9.78 Å². The molecule has 5 aromatic rings. The van der Waals surface area contributed by atoms with Crippen molar-refractivity contribution in [3.63, 3.8) is 0 Å². The lowest BCUT2D eigenvalue weighted by Crippen LogP contribution is -2.73. The number of rotatable bonds is 9. The van der Waals surface area contributed by atoms with Gasteiger partial charge in [-0.05, 0) is 63.9 Å². The topological polar surface area (TPSA) is 119 Å². The van der Waals surface area contributed by atoms with Gasteiger partial charge in [0.15, 0.2) is 0 Å². The van der Waals surface area contributed by atoms with Gasteiger partial charge >= 0.3 is 6.09 Å². The average Bonchev–Trinajstić information content (AvgIpc) is 3.57. The number of fused-ring (bicyclic) bond motifs is 2. The summed E-state index contributed by atoms with van der Waals surface area (Å²) in [5.41, 5.74) is 5.19. The van der Waals surface area contributed by atoms with Crippen LogP contribution in [0.2, 0.25) is 0 Å². The Morgan fingerprint density at radius 3 is 2.57 bits per heavy atom. The Balaban J connectivity index is 0.946. The standard InChI is InChI=1S/C37H44N8O4/c1-24(2)28-10-7-9-26(39-28)19-45-30-12-8-11-29(33(30)25(3)41-45)40-34(46)31-18-38-32-17-27(13-14-44(31)32)48-16-15-42-20-37(21-42)22-43(23-37)35(47)49-36(4,5)6/h7-14,17-18,24H,15-16,19-23H2,1-6H3,(H,40,46). The summed E-state index contributed by atoms with van der Waals surface area (Å²) in [6.45, 7) is 17.1. The number of aromatic nitrogens is 5. The van der Waals surface area contributed by atoms with Crippen LogP contribution in [0.1, 0.15) is 68.1 Å². The molecule has 2 aliphatic rings. The first-order valence-corrected chi connectivity index (χ1v) is 16.9. The Labute approximate surface area is 286 Å². The predicted octanol–water partition coefficient (Wildman–Crippen LogP) is 5.74. The van der Waals surface area contributed by atoms with Gasteiger partial charge in [-0.2, -0.15) is 5.10 Å². The summed E-state index contributed by atoms with van der Waals surface area (Å²) in [5, 5.41) is 8.79. The normalized spacial score (nSPS) is 15.9. The van der Waals surface area contributed by atoms with Crippen molar-refractivity contribution in [2.24, 2.45) is 5.41 Å². The fourth-order valence-corrected chi connectivity index (χ4v) is 6.88. The van der Waals surface area contributed by atoms with Crippen LogP contribution in [0.4, 0.5) is 10.5 Å². The number of anilines is 1. The number of imidazole rings is 1. The lowest BCUT2D eigenvalue weighted by Gasteiger charge is -2.59. The Bertz CT molecular complexity index is 2030. The maximum atomic E-state index is 13.5. The monoisotopic (exact) mass is 664 g/mol. The van der Waals surface area contributed by atoms with E-state index in [9.17, 15) is 9.59 Å². The van der Waals surface area contributed by atoms with Crippen LogP contribution >= 0.6 is 0 Å². The van der Waals surface area contributed by atoms with Crippen LogP contribution in [0.25, 0.3) is 16.6 Å². The third kappa shape index (κ3) is 6.69. The maximum Gasteiger partial charge on any atom is 0.410 e. The van der Waals surface area contributed by atoms with Gasteiger partial charge in [-0.3, -0.25) is 23.8 Å². The highest BCUT2D eigenvalue weighted by Gasteiger charge is 2.53. The average molecular weight is 665 g/mol. The van der Waals surface area contributed by atoms with Crippen molar-refractivity contribution < 1.29 is 19.1 Å². The lowest BCUT2D eigenvalue weighted by molar-refractivity contribution is -0.114. The fourth-order valence-electron chi connectivity index (χ4n) is 6.88. The zero-order valence-electron chi connectivity index (χ0n) is 29.1. The third-order valence-corrected chi connectivity index (χ3v) is 9.15. The summed E-state index contributed by atoms with van der Waals surface area (Å²) in [5.74, 6) is 0.774. The van der Waals surface area contributed by atoms with E-state index >= 15 is 0 Å². The van der Waals surface area contributed by atoms with Crippen LogP contribution < -0.4 is 10.1 Å². The Hall–Kier alpha value is -4.97. The van der Waals surface area contributed by atoms with Gasteiger partial charge in [0, 0.05) is 61.5 Å². The molecule has 0 unspecified atom stereocenters. The number of hydrogen-bond acceptors (Lipinski definition) is 8. The first-order chi connectivity index (χ1) is 23.4. The molecule has 12 heteroatoms. The van der Waals surface area contributed by atoms with E-state index in [-0.39, 0.29) is 17.4 Å². The smallest absolute Gasteiger partial charge is 0.410 e. The Morgan fingerprint density at radius 2 is 1.82 bits per heavy atom. The highest BCUT2D eigenvalue weighted by Crippen LogP contribution is 2.40. The van der Waals surface area contributed by atoms with Crippen LogP contribution in [-0.4, -0.2) is 90.9 Å². The van der Waals surface area contributed by atoms with Crippen molar-refractivity contribution in [3.05, 3.63) is 83.7 Å². The summed E-state index contributed by atoms with van der Waals surface area (Å²) in [6.07, 6.45) is 3.16. The number of nitrogens with one attached hydrogen (secondary N) is 1. The van der Waals surface area contributed by atoms with E-state index in [1.807, 2.05) is 87.1 Å². The first-order valence-electron chi connectivity index (χ1n) is 16.9. The van der Waals surface area contributed by atoms with E-state index in [4.69, 9.17) is 19.6 Å². The molecule has 1 spiro atoms. The lowest BCUT2D eigenvalue weighted by atomic mass is 9.73. The van der Waals surface area contributed by atoms with Gasteiger partial charge in [0.25, 0.3) is 5.91 Å². The van der Waals surface area contributed by atoms with E-state index in [2.05, 4.69) is 29.0 Å². The Morgan fingerprint density at radius 1 is 1.04 bits per heavy atom. The van der Waals surface area contributed by atoms with Crippen LogP contribution in [0.3, 0.4) is 0 Å².